The highest BCUT2D eigenvalue weighted by atomic mass is 35.5. The molecule has 1 N–H and O–H groups in total. The zero-order valence-corrected chi connectivity index (χ0v) is 15.9. The molecule has 4 aromatic rings. The molecule has 0 saturated carbocycles. The Morgan fingerprint density at radius 3 is 2.55 bits per heavy atom. The molecule has 144 valence electrons. The number of ether oxygens (including phenoxy) is 1. The number of anilines is 1. The van der Waals surface area contributed by atoms with Crippen molar-refractivity contribution >= 4 is 34.2 Å². The highest BCUT2D eigenvalue weighted by Crippen LogP contribution is 2.22. The molecule has 1 heterocycles. The standard InChI is InChI=1S/C22H15ClFN3O2/c23-17-11-15(7-10-18(17)24)26-22(28)13-29-16-8-5-14(6-9-16)21-12-25-19-3-1-2-4-20(19)27-21/h1-12H,13H2,(H,26,28). The number of benzene rings is 3. The van der Waals surface area contributed by atoms with Gasteiger partial charge >= 0.3 is 0 Å². The minimum absolute atomic E-state index is 0.0592. The van der Waals surface area contributed by atoms with Crippen molar-refractivity contribution in [2.75, 3.05) is 11.9 Å². The van der Waals surface area contributed by atoms with Crippen LogP contribution in [0.4, 0.5) is 10.1 Å². The molecule has 0 fully saturated rings. The summed E-state index contributed by atoms with van der Waals surface area (Å²) in [4.78, 5) is 21.0. The Hall–Kier alpha value is -3.51. The average molecular weight is 408 g/mol. The molecule has 0 saturated heterocycles. The van der Waals surface area contributed by atoms with Gasteiger partial charge in [0.1, 0.15) is 11.6 Å². The maximum atomic E-state index is 13.2. The second kappa shape index (κ2) is 8.24. The van der Waals surface area contributed by atoms with Crippen molar-refractivity contribution in [2.45, 2.75) is 0 Å². The van der Waals surface area contributed by atoms with Gasteiger partial charge in [-0.3, -0.25) is 9.78 Å². The van der Waals surface area contributed by atoms with Gasteiger partial charge in [-0.05, 0) is 54.6 Å². The highest BCUT2D eigenvalue weighted by Gasteiger charge is 2.07. The molecule has 0 spiro atoms. The second-order valence-corrected chi connectivity index (χ2v) is 6.64. The molecule has 4 rings (SSSR count). The van der Waals surface area contributed by atoms with Crippen LogP contribution in [0, 0.1) is 5.82 Å². The topological polar surface area (TPSA) is 64.1 Å². The molecule has 0 aliphatic rings. The molecule has 0 aliphatic heterocycles. The summed E-state index contributed by atoms with van der Waals surface area (Å²) in [5.41, 5.74) is 3.70. The third-order valence-corrected chi connectivity index (χ3v) is 4.46. The Balaban J connectivity index is 1.38. The van der Waals surface area contributed by atoms with E-state index in [9.17, 15) is 9.18 Å². The molecule has 0 atom stereocenters. The van der Waals surface area contributed by atoms with Gasteiger partial charge in [-0.1, -0.05) is 23.7 Å². The number of rotatable bonds is 5. The molecule has 0 bridgehead atoms. The van der Waals surface area contributed by atoms with Crippen LogP contribution in [0.5, 0.6) is 5.75 Å². The van der Waals surface area contributed by atoms with E-state index < -0.39 is 5.82 Å². The zero-order chi connectivity index (χ0) is 20.2. The van der Waals surface area contributed by atoms with Gasteiger partial charge in [0.25, 0.3) is 5.91 Å². The van der Waals surface area contributed by atoms with Gasteiger partial charge in [-0.2, -0.15) is 0 Å². The number of amides is 1. The fourth-order valence-electron chi connectivity index (χ4n) is 2.74. The van der Waals surface area contributed by atoms with Gasteiger partial charge in [-0.25, -0.2) is 9.37 Å². The van der Waals surface area contributed by atoms with E-state index in [1.807, 2.05) is 36.4 Å². The smallest absolute Gasteiger partial charge is 0.262 e. The molecule has 7 heteroatoms. The van der Waals surface area contributed by atoms with E-state index in [0.717, 1.165) is 22.3 Å². The molecule has 1 aromatic heterocycles. The third-order valence-electron chi connectivity index (χ3n) is 4.17. The minimum atomic E-state index is -0.544. The summed E-state index contributed by atoms with van der Waals surface area (Å²) in [6, 6.07) is 18.8. The van der Waals surface area contributed by atoms with Crippen LogP contribution < -0.4 is 10.1 Å². The molecular weight excluding hydrogens is 393 g/mol. The Morgan fingerprint density at radius 1 is 1.03 bits per heavy atom. The lowest BCUT2D eigenvalue weighted by molar-refractivity contribution is -0.118. The number of fused-ring (bicyclic) bond motifs is 1. The van der Waals surface area contributed by atoms with E-state index in [2.05, 4.69) is 15.3 Å². The fraction of sp³-hybridized carbons (Fsp3) is 0.0455. The molecular formula is C22H15ClFN3O2. The Morgan fingerprint density at radius 2 is 1.79 bits per heavy atom. The van der Waals surface area contributed by atoms with Crippen LogP contribution >= 0.6 is 11.6 Å². The maximum Gasteiger partial charge on any atom is 0.262 e. The molecule has 1 amide bonds. The van der Waals surface area contributed by atoms with Crippen LogP contribution in [0.1, 0.15) is 0 Å². The number of nitrogens with one attached hydrogen (secondary N) is 1. The van der Waals surface area contributed by atoms with Crippen LogP contribution in [0.2, 0.25) is 5.02 Å². The summed E-state index contributed by atoms with van der Waals surface area (Å²) >= 11 is 5.70. The quantitative estimate of drug-likeness (QED) is 0.499. The minimum Gasteiger partial charge on any atom is -0.484 e. The first-order valence-corrected chi connectivity index (χ1v) is 9.16. The monoisotopic (exact) mass is 407 g/mol. The number of para-hydroxylation sites is 2. The van der Waals surface area contributed by atoms with Gasteiger partial charge in [0.2, 0.25) is 0 Å². The van der Waals surface area contributed by atoms with Crippen molar-refractivity contribution in [3.05, 3.63) is 83.8 Å². The number of carbonyl (C=O) groups is 1. The van der Waals surface area contributed by atoms with E-state index in [4.69, 9.17) is 16.3 Å². The zero-order valence-electron chi connectivity index (χ0n) is 15.1. The van der Waals surface area contributed by atoms with Gasteiger partial charge < -0.3 is 10.1 Å². The van der Waals surface area contributed by atoms with Crippen molar-refractivity contribution in [3.8, 4) is 17.0 Å². The molecule has 0 radical (unpaired) electrons. The van der Waals surface area contributed by atoms with Gasteiger partial charge in [0.05, 0.1) is 27.9 Å². The van der Waals surface area contributed by atoms with Crippen molar-refractivity contribution in [2.24, 2.45) is 0 Å². The molecule has 3 aromatic carbocycles. The molecule has 0 aliphatic carbocycles. The Bertz CT molecular complexity index is 1180. The molecule has 0 unspecified atom stereocenters. The Labute approximate surface area is 171 Å². The first-order chi connectivity index (χ1) is 14.1. The van der Waals surface area contributed by atoms with Crippen molar-refractivity contribution in [3.63, 3.8) is 0 Å². The number of aromatic nitrogens is 2. The Kier molecular flexibility index (Phi) is 5.35. The lowest BCUT2D eigenvalue weighted by Crippen LogP contribution is -2.20. The number of carbonyl (C=O) groups excluding carboxylic acids is 1. The van der Waals surface area contributed by atoms with E-state index in [0.29, 0.717) is 11.4 Å². The van der Waals surface area contributed by atoms with Crippen molar-refractivity contribution in [1.29, 1.82) is 0 Å². The maximum absolute atomic E-state index is 13.2. The SMILES string of the molecule is O=C(COc1ccc(-c2cnc3ccccc3n2)cc1)Nc1ccc(F)c(Cl)c1. The summed E-state index contributed by atoms with van der Waals surface area (Å²) in [7, 11) is 0. The van der Waals surface area contributed by atoms with Gasteiger partial charge in [0.15, 0.2) is 6.61 Å². The fourth-order valence-corrected chi connectivity index (χ4v) is 2.92. The van der Waals surface area contributed by atoms with Crippen molar-refractivity contribution < 1.29 is 13.9 Å². The van der Waals surface area contributed by atoms with E-state index in [-0.39, 0.29) is 17.5 Å². The predicted molar refractivity (Wildman–Crippen MR) is 111 cm³/mol. The molecule has 5 nitrogen and oxygen atoms in total. The summed E-state index contributed by atoms with van der Waals surface area (Å²) in [5, 5.41) is 2.54. The van der Waals surface area contributed by atoms with E-state index >= 15 is 0 Å². The number of hydrogen-bond acceptors (Lipinski definition) is 4. The van der Waals surface area contributed by atoms with Gasteiger partial charge in [0, 0.05) is 11.3 Å². The first kappa shape index (κ1) is 18.8. The van der Waals surface area contributed by atoms with E-state index in [1.54, 1.807) is 18.3 Å². The summed E-state index contributed by atoms with van der Waals surface area (Å²) < 4.78 is 18.7. The van der Waals surface area contributed by atoms with Gasteiger partial charge in [-0.15, -0.1) is 0 Å². The van der Waals surface area contributed by atoms with Crippen LogP contribution in [-0.4, -0.2) is 22.5 Å². The average Bonchev–Trinajstić information content (AvgIpc) is 2.75. The van der Waals surface area contributed by atoms with Crippen molar-refractivity contribution in [1.82, 2.24) is 9.97 Å². The van der Waals surface area contributed by atoms with Crippen LogP contribution in [0.15, 0.2) is 72.9 Å². The lowest BCUT2D eigenvalue weighted by atomic mass is 10.1. The highest BCUT2D eigenvalue weighted by molar-refractivity contribution is 6.31. The lowest BCUT2D eigenvalue weighted by Gasteiger charge is -2.09. The normalized spacial score (nSPS) is 10.7. The van der Waals surface area contributed by atoms with Crippen LogP contribution in [0.25, 0.3) is 22.3 Å². The third kappa shape index (κ3) is 4.50. The summed E-state index contributed by atoms with van der Waals surface area (Å²) in [5.74, 6) is -0.385. The predicted octanol–water partition coefficient (Wildman–Crippen LogP) is 5.11. The number of hydrogen-bond donors (Lipinski definition) is 1. The summed E-state index contributed by atoms with van der Waals surface area (Å²) in [6.45, 7) is -0.190. The first-order valence-electron chi connectivity index (χ1n) is 8.78. The van der Waals surface area contributed by atoms with Crippen LogP contribution in [-0.2, 0) is 4.79 Å². The molecule has 29 heavy (non-hydrogen) atoms. The summed E-state index contributed by atoms with van der Waals surface area (Å²) in [6.07, 6.45) is 1.72. The number of nitrogens with zero attached hydrogens (tertiary/aromatic N) is 2. The van der Waals surface area contributed by atoms with E-state index in [1.165, 1.54) is 18.2 Å². The largest absolute Gasteiger partial charge is 0.484 e. The van der Waals surface area contributed by atoms with Crippen LogP contribution in [0.3, 0.4) is 0 Å². The number of halogens is 2. The second-order valence-electron chi connectivity index (χ2n) is 6.23.